The molecule has 7 rings (SSSR count). The number of nitrogens with two attached hydrogens (primary N) is 1. The number of aliphatic hydroxyl groups is 23. The zero-order valence-electron chi connectivity index (χ0n) is 53.0. The highest BCUT2D eigenvalue weighted by atomic mass is 16.8. The van der Waals surface area contributed by atoms with Crippen LogP contribution in [0.25, 0.3) is 0 Å². The number of hydrogen-bond acceptors (Lipinski definition) is 42. The van der Waals surface area contributed by atoms with Crippen LogP contribution in [-0.2, 0) is 80.7 Å². The number of nitrogens with one attached hydrogen (secondary N) is 2. The van der Waals surface area contributed by atoms with Crippen LogP contribution in [0.1, 0.15) is 6.92 Å². The van der Waals surface area contributed by atoms with Crippen molar-refractivity contribution in [3.63, 3.8) is 0 Å². The standard InChI is InChI=1S/C54H95N5O40/c1-17-27(67)34(74)39(79)48(91-17)87-6-3-59(4-7-88-52-45(85)47(99-54-43(83)38(78)31(71)21(14-63)95-54)33(73)23(97-52)16-90-50-41(81)36(76)29(69)19(12-61)93-50)57-26(66)10-58(8-24(55)64)9-25(65)56-2-5-86-51-44(84)46(98-53-42(82)37(77)30(70)20(13-62)94-53)32(72)22(96-51)15-89-49-40(80)35(75)28(68)18(11-60)92-49/h17-23,27-54,60-63,67-85H,2-16H2,1H3,(H2,55,64)(H,56,65)(H,57,66)/t17-,18+,19+,20+,21+,22+,23+,27+,28+,29+,30+,31+,32+,33+,34+,35-,36-,37-,38-,39-,40-,41-,42-,43-,44-,45-,46-,47-,48+,49-,50-,51-,52-,53+,54+/m0/s1. The second kappa shape index (κ2) is 38.2. The van der Waals surface area contributed by atoms with Crippen LogP contribution in [0, 0.1) is 0 Å². The van der Waals surface area contributed by atoms with Gasteiger partial charge in [-0.25, -0.2) is 5.01 Å². The molecule has 99 heavy (non-hydrogen) atoms. The van der Waals surface area contributed by atoms with Crippen LogP contribution in [0.2, 0.25) is 0 Å². The van der Waals surface area contributed by atoms with Crippen molar-refractivity contribution in [2.24, 2.45) is 5.73 Å². The Kier molecular flexibility index (Phi) is 32.1. The van der Waals surface area contributed by atoms with E-state index >= 15 is 0 Å². The van der Waals surface area contributed by atoms with Crippen molar-refractivity contribution in [2.45, 2.75) is 222 Å². The maximum atomic E-state index is 13.9. The van der Waals surface area contributed by atoms with Gasteiger partial charge < -0.3 is 195 Å². The number of aliphatic hydroxyl groups excluding tert-OH is 23. The van der Waals surface area contributed by atoms with E-state index in [4.69, 9.17) is 72.0 Å². The Balaban J connectivity index is 1.00. The van der Waals surface area contributed by atoms with E-state index in [0.717, 1.165) is 9.91 Å². The van der Waals surface area contributed by atoms with Crippen molar-refractivity contribution in [1.82, 2.24) is 20.7 Å². The first-order valence-electron chi connectivity index (χ1n) is 31.5. The van der Waals surface area contributed by atoms with Gasteiger partial charge in [-0.05, 0) is 6.92 Å². The molecule has 45 heteroatoms. The minimum absolute atomic E-state index is 0.374. The molecule has 0 saturated carbocycles. The van der Waals surface area contributed by atoms with Gasteiger partial charge in [0.15, 0.2) is 44.0 Å². The first-order chi connectivity index (χ1) is 46.8. The van der Waals surface area contributed by atoms with Crippen molar-refractivity contribution >= 4 is 17.7 Å². The van der Waals surface area contributed by atoms with Crippen molar-refractivity contribution in [2.75, 3.05) is 98.7 Å². The minimum atomic E-state index is -2.09. The number of primary amides is 1. The monoisotopic (exact) mass is 1450 g/mol. The highest BCUT2D eigenvalue weighted by Crippen LogP contribution is 2.34. The average molecular weight is 1450 g/mol. The molecule has 3 amide bonds. The molecule has 0 radical (unpaired) electrons. The molecule has 45 nitrogen and oxygen atoms in total. The summed E-state index contributed by atoms with van der Waals surface area (Å²) in [5.74, 6) is -2.90. The number of carbonyl (C=O) groups excluding carboxylic acids is 3. The largest absolute Gasteiger partial charge is 0.394 e. The summed E-state index contributed by atoms with van der Waals surface area (Å²) in [4.78, 5) is 40.7. The SMILES string of the molecule is C[C@@H]1O[C@@H](OCCN(CCO[C@H]2O[C@H](CO[C@H]3O[C@H](CO)[C@@H](O)[C@H](O)[C@@H]3O)[C@@H](O)[C@H](O[C@H]3O[C@H](CO)[C@@H](O)[C@H](O)[C@@H]3O)[C@@H]2O)NC(=O)CN(CC(N)=O)CC(=O)NCCO[C@H]2O[C@H](CO[C@H]3O[C@H](CO)[C@@H](O)[C@H](O)[C@@H]3O)[C@@H](O)[C@H](O[C@H]3O[C@H](CO)[C@@H](O)[C@H](O)[C@@H]3O)[C@@H]2O)[C@@H](O)[C@H](O)[C@@H]1O. The third-order valence-electron chi connectivity index (χ3n) is 17.3. The summed E-state index contributed by atoms with van der Waals surface area (Å²) in [5.41, 5.74) is 7.98. The molecule has 0 aliphatic carbocycles. The summed E-state index contributed by atoms with van der Waals surface area (Å²) in [5, 5.41) is 245. The predicted octanol–water partition coefficient (Wildman–Crippen LogP) is -19.0. The second-order valence-electron chi connectivity index (χ2n) is 24.5. The normalized spacial score (nSPS) is 44.6. The van der Waals surface area contributed by atoms with E-state index in [1.807, 2.05) is 0 Å². The van der Waals surface area contributed by atoms with Crippen LogP contribution >= 0.6 is 0 Å². The smallest absolute Gasteiger partial charge is 0.248 e. The molecule has 0 aromatic carbocycles. The van der Waals surface area contributed by atoms with E-state index in [1.165, 1.54) is 6.92 Å². The third-order valence-corrected chi connectivity index (χ3v) is 17.3. The summed E-state index contributed by atoms with van der Waals surface area (Å²) >= 11 is 0. The summed E-state index contributed by atoms with van der Waals surface area (Å²) in [6, 6.07) is 0. The Morgan fingerprint density at radius 2 is 0.687 bits per heavy atom. The zero-order chi connectivity index (χ0) is 73.0. The van der Waals surface area contributed by atoms with Crippen LogP contribution in [0.15, 0.2) is 0 Å². The second-order valence-corrected chi connectivity index (χ2v) is 24.5. The molecule has 0 unspecified atom stereocenters. The maximum Gasteiger partial charge on any atom is 0.248 e. The van der Waals surface area contributed by atoms with Crippen LogP contribution in [0.4, 0.5) is 0 Å². The molecule has 7 aliphatic heterocycles. The quantitative estimate of drug-likeness (QED) is 0.0214. The fourth-order valence-electron chi connectivity index (χ4n) is 11.5. The van der Waals surface area contributed by atoms with Crippen molar-refractivity contribution < 1.29 is 198 Å². The lowest BCUT2D eigenvalue weighted by Crippen LogP contribution is -2.65. The van der Waals surface area contributed by atoms with Crippen LogP contribution in [-0.4, -0.2) is 459 Å². The van der Waals surface area contributed by atoms with E-state index in [-0.39, 0.29) is 6.54 Å². The number of carbonyl (C=O) groups is 3. The Labute approximate surface area is 561 Å². The molecule has 0 spiro atoms. The van der Waals surface area contributed by atoms with Gasteiger partial charge in [-0.1, -0.05) is 0 Å². The van der Waals surface area contributed by atoms with Gasteiger partial charge in [-0.15, -0.1) is 0 Å². The van der Waals surface area contributed by atoms with E-state index < -0.39 is 325 Å². The topological polar surface area (TPSA) is 702 Å². The zero-order valence-corrected chi connectivity index (χ0v) is 53.0. The molecule has 576 valence electrons. The van der Waals surface area contributed by atoms with Gasteiger partial charge in [-0.2, -0.15) is 0 Å². The van der Waals surface area contributed by atoms with E-state index in [0.29, 0.717) is 0 Å². The Morgan fingerprint density at radius 3 is 1.07 bits per heavy atom. The van der Waals surface area contributed by atoms with Crippen LogP contribution in [0.3, 0.4) is 0 Å². The number of ether oxygens (including phenoxy) is 14. The summed E-state index contributed by atoms with van der Waals surface area (Å²) < 4.78 is 78.5. The fraction of sp³-hybridized carbons (Fsp3) is 0.944. The molecule has 0 aromatic rings. The van der Waals surface area contributed by atoms with E-state index in [2.05, 4.69) is 10.7 Å². The Bertz CT molecular complexity index is 2440. The van der Waals surface area contributed by atoms with Crippen molar-refractivity contribution in [3.05, 3.63) is 0 Å². The van der Waals surface area contributed by atoms with Crippen molar-refractivity contribution in [3.8, 4) is 0 Å². The van der Waals surface area contributed by atoms with Crippen LogP contribution in [0.5, 0.6) is 0 Å². The first-order valence-corrected chi connectivity index (χ1v) is 31.5. The minimum Gasteiger partial charge on any atom is -0.394 e. The van der Waals surface area contributed by atoms with Crippen molar-refractivity contribution in [1.29, 1.82) is 0 Å². The Hall–Kier alpha value is -3.15. The molecule has 7 fully saturated rings. The number of hydrogen-bond donors (Lipinski definition) is 26. The van der Waals surface area contributed by atoms with Gasteiger partial charge in [0.1, 0.15) is 165 Å². The highest BCUT2D eigenvalue weighted by Gasteiger charge is 2.55. The van der Waals surface area contributed by atoms with Gasteiger partial charge in [0, 0.05) is 19.6 Å². The van der Waals surface area contributed by atoms with Gasteiger partial charge in [-0.3, -0.25) is 24.7 Å². The van der Waals surface area contributed by atoms with Gasteiger partial charge >= 0.3 is 0 Å². The average Bonchev–Trinajstić information content (AvgIpc) is 0.790. The first kappa shape index (κ1) is 83.1. The molecule has 0 aromatic heterocycles. The number of amides is 3. The fourth-order valence-corrected chi connectivity index (χ4v) is 11.5. The molecule has 7 saturated heterocycles. The lowest BCUT2D eigenvalue weighted by atomic mass is 9.96. The van der Waals surface area contributed by atoms with Gasteiger partial charge in [0.2, 0.25) is 17.7 Å². The number of nitrogens with zero attached hydrogens (tertiary/aromatic N) is 2. The summed E-state index contributed by atoms with van der Waals surface area (Å²) in [6.45, 7) is -8.89. The summed E-state index contributed by atoms with van der Waals surface area (Å²) in [7, 11) is 0. The van der Waals surface area contributed by atoms with Crippen LogP contribution < -0.4 is 16.5 Å². The molecule has 7 aliphatic rings. The lowest BCUT2D eigenvalue weighted by molar-refractivity contribution is -0.366. The molecule has 7 heterocycles. The molecule has 27 N–H and O–H groups in total. The highest BCUT2D eigenvalue weighted by molar-refractivity contribution is 5.83. The van der Waals surface area contributed by atoms with E-state index in [9.17, 15) is 132 Å². The number of hydrazine groups is 1. The Morgan fingerprint density at radius 1 is 0.364 bits per heavy atom. The molecule has 0 bridgehead atoms. The van der Waals surface area contributed by atoms with E-state index in [1.54, 1.807) is 0 Å². The molecular formula is C54H95N5O40. The summed E-state index contributed by atoms with van der Waals surface area (Å²) in [6.07, 6.45) is -63.2. The number of rotatable bonds is 33. The molecular weight excluding hydrogens is 1360 g/mol. The molecule has 35 atom stereocenters. The lowest BCUT2D eigenvalue weighted by Gasteiger charge is -2.46. The predicted molar refractivity (Wildman–Crippen MR) is 307 cm³/mol. The maximum absolute atomic E-state index is 13.9. The third kappa shape index (κ3) is 20.9. The van der Waals surface area contributed by atoms with Gasteiger partial charge in [0.05, 0.1) is 85.2 Å². The van der Waals surface area contributed by atoms with Gasteiger partial charge in [0.25, 0.3) is 0 Å².